The minimum atomic E-state index is -0.292. The van der Waals surface area contributed by atoms with Gasteiger partial charge in [0, 0.05) is 38.8 Å². The lowest BCUT2D eigenvalue weighted by atomic mass is 9.85. The zero-order valence-corrected chi connectivity index (χ0v) is 18.4. The summed E-state index contributed by atoms with van der Waals surface area (Å²) in [7, 11) is 0. The summed E-state index contributed by atoms with van der Waals surface area (Å²) in [5.74, 6) is 0.0412. The first kappa shape index (κ1) is 21.8. The van der Waals surface area contributed by atoms with Crippen LogP contribution in [0.3, 0.4) is 0 Å². The molecule has 2 amide bonds. The highest BCUT2D eigenvalue weighted by molar-refractivity contribution is 6.05. The molecule has 2 heterocycles. The van der Waals surface area contributed by atoms with Crippen LogP contribution in [0.2, 0.25) is 0 Å². The van der Waals surface area contributed by atoms with E-state index in [1.165, 1.54) is 17.0 Å². The molecule has 31 heavy (non-hydrogen) atoms. The van der Waals surface area contributed by atoms with Crippen LogP contribution in [0.25, 0.3) is 0 Å². The van der Waals surface area contributed by atoms with Gasteiger partial charge in [0.25, 0.3) is 0 Å². The molecule has 2 aliphatic heterocycles. The van der Waals surface area contributed by atoms with Gasteiger partial charge in [0.15, 0.2) is 0 Å². The van der Waals surface area contributed by atoms with Crippen molar-refractivity contribution in [1.82, 2.24) is 9.80 Å². The monoisotopic (exact) mass is 429 g/mol. The molecule has 1 aliphatic carbocycles. The highest BCUT2D eigenvalue weighted by Crippen LogP contribution is 2.35. The number of piperazine rings is 1. The first-order chi connectivity index (χ1) is 14.9. The Bertz CT molecular complexity index is 822. The van der Waals surface area contributed by atoms with Crippen LogP contribution in [0.4, 0.5) is 10.1 Å². The minimum Gasteiger partial charge on any atom is -0.489 e. The lowest BCUT2D eigenvalue weighted by Gasteiger charge is -2.37. The standard InChI is InChI=1S/C24H32FN3O3/c1-17(2)31-22-16-18(25)8-9-21(22)27-14-12-26(13-15-27)10-5-11-28-23(29)19-6-3-4-7-20(19)24(28)30/h3-4,8-9,16-17,19-20H,5-7,10-15H2,1-2H3. The minimum absolute atomic E-state index is 0.0122. The second-order valence-electron chi connectivity index (χ2n) is 8.94. The number of allylic oxidation sites excluding steroid dienone is 2. The summed E-state index contributed by atoms with van der Waals surface area (Å²) >= 11 is 0. The molecule has 0 aromatic heterocycles. The first-order valence-electron chi connectivity index (χ1n) is 11.4. The molecule has 2 fully saturated rings. The molecule has 0 radical (unpaired) electrons. The van der Waals surface area contributed by atoms with Crippen LogP contribution < -0.4 is 9.64 Å². The zero-order valence-electron chi connectivity index (χ0n) is 18.4. The van der Waals surface area contributed by atoms with E-state index in [9.17, 15) is 14.0 Å². The van der Waals surface area contributed by atoms with Gasteiger partial charge in [-0.3, -0.25) is 19.4 Å². The number of fused-ring (bicyclic) bond motifs is 1. The largest absolute Gasteiger partial charge is 0.489 e. The van der Waals surface area contributed by atoms with E-state index < -0.39 is 0 Å². The number of anilines is 1. The molecule has 7 heteroatoms. The fraction of sp³-hybridized carbons (Fsp3) is 0.583. The molecule has 1 aromatic rings. The Morgan fingerprint density at radius 3 is 2.26 bits per heavy atom. The van der Waals surface area contributed by atoms with E-state index in [2.05, 4.69) is 9.80 Å². The summed E-state index contributed by atoms with van der Waals surface area (Å²) in [5.41, 5.74) is 0.930. The number of halogens is 1. The molecule has 0 bridgehead atoms. The highest BCUT2D eigenvalue weighted by atomic mass is 19.1. The molecule has 168 valence electrons. The molecule has 0 spiro atoms. The van der Waals surface area contributed by atoms with Crippen molar-refractivity contribution in [2.24, 2.45) is 11.8 Å². The van der Waals surface area contributed by atoms with Crippen LogP contribution in [-0.4, -0.2) is 67.0 Å². The third-order valence-corrected chi connectivity index (χ3v) is 6.45. The van der Waals surface area contributed by atoms with Crippen LogP contribution in [0.1, 0.15) is 33.1 Å². The Labute approximate surface area is 183 Å². The number of imide groups is 1. The fourth-order valence-electron chi connectivity index (χ4n) is 4.85. The van der Waals surface area contributed by atoms with Gasteiger partial charge in [-0.15, -0.1) is 0 Å². The van der Waals surface area contributed by atoms with Crippen LogP contribution >= 0.6 is 0 Å². The Balaban J connectivity index is 1.26. The molecule has 6 nitrogen and oxygen atoms in total. The second kappa shape index (κ2) is 9.39. The van der Waals surface area contributed by atoms with Crippen molar-refractivity contribution in [3.8, 4) is 5.75 Å². The molecule has 3 aliphatic rings. The van der Waals surface area contributed by atoms with Crippen molar-refractivity contribution in [3.05, 3.63) is 36.2 Å². The quantitative estimate of drug-likeness (QED) is 0.493. The Morgan fingerprint density at radius 1 is 1.00 bits per heavy atom. The maximum atomic E-state index is 13.7. The van der Waals surface area contributed by atoms with Gasteiger partial charge in [0.1, 0.15) is 11.6 Å². The fourth-order valence-corrected chi connectivity index (χ4v) is 4.85. The number of rotatable bonds is 7. The number of benzene rings is 1. The Hall–Kier alpha value is -2.41. The maximum absolute atomic E-state index is 13.7. The number of nitrogens with zero attached hydrogens (tertiary/aromatic N) is 3. The van der Waals surface area contributed by atoms with Gasteiger partial charge in [0.2, 0.25) is 11.8 Å². The normalized spacial score (nSPS) is 24.3. The van der Waals surface area contributed by atoms with Gasteiger partial charge in [0.05, 0.1) is 23.6 Å². The van der Waals surface area contributed by atoms with Gasteiger partial charge in [-0.2, -0.15) is 0 Å². The average Bonchev–Trinajstić information content (AvgIpc) is 2.99. The third kappa shape index (κ3) is 4.76. The van der Waals surface area contributed by atoms with E-state index in [4.69, 9.17) is 4.74 Å². The van der Waals surface area contributed by atoms with Gasteiger partial charge in [-0.05, 0) is 51.8 Å². The van der Waals surface area contributed by atoms with E-state index in [1.807, 2.05) is 26.0 Å². The van der Waals surface area contributed by atoms with Crippen molar-refractivity contribution in [2.75, 3.05) is 44.2 Å². The number of ether oxygens (including phenoxy) is 1. The number of amides is 2. The number of carbonyl (C=O) groups is 2. The summed E-state index contributed by atoms with van der Waals surface area (Å²) in [6.45, 7) is 8.67. The molecule has 2 atom stereocenters. The van der Waals surface area contributed by atoms with Crippen molar-refractivity contribution in [3.63, 3.8) is 0 Å². The molecular weight excluding hydrogens is 397 g/mol. The van der Waals surface area contributed by atoms with E-state index in [1.54, 1.807) is 6.07 Å². The van der Waals surface area contributed by atoms with Crippen molar-refractivity contribution < 1.29 is 18.7 Å². The van der Waals surface area contributed by atoms with E-state index in [0.29, 0.717) is 25.1 Å². The predicted octanol–water partition coefficient (Wildman–Crippen LogP) is 3.08. The second-order valence-corrected chi connectivity index (χ2v) is 8.94. The summed E-state index contributed by atoms with van der Waals surface area (Å²) in [5, 5.41) is 0. The molecule has 0 saturated carbocycles. The van der Waals surface area contributed by atoms with Gasteiger partial charge < -0.3 is 9.64 Å². The van der Waals surface area contributed by atoms with E-state index in [-0.39, 0.29) is 35.6 Å². The Morgan fingerprint density at radius 2 is 1.65 bits per heavy atom. The average molecular weight is 430 g/mol. The lowest BCUT2D eigenvalue weighted by Crippen LogP contribution is -2.47. The molecule has 1 aromatic carbocycles. The number of hydrogen-bond donors (Lipinski definition) is 0. The van der Waals surface area contributed by atoms with Crippen LogP contribution in [0.5, 0.6) is 5.75 Å². The van der Waals surface area contributed by atoms with Crippen LogP contribution in [0.15, 0.2) is 30.4 Å². The topological polar surface area (TPSA) is 53.1 Å². The van der Waals surface area contributed by atoms with E-state index >= 15 is 0 Å². The third-order valence-electron chi connectivity index (χ3n) is 6.45. The highest BCUT2D eigenvalue weighted by Gasteiger charge is 2.46. The van der Waals surface area contributed by atoms with E-state index in [0.717, 1.165) is 44.8 Å². The predicted molar refractivity (Wildman–Crippen MR) is 118 cm³/mol. The summed E-state index contributed by atoms with van der Waals surface area (Å²) in [6, 6.07) is 4.73. The zero-order chi connectivity index (χ0) is 22.0. The molecule has 0 N–H and O–H groups in total. The van der Waals surface area contributed by atoms with Gasteiger partial charge >= 0.3 is 0 Å². The van der Waals surface area contributed by atoms with Crippen molar-refractivity contribution >= 4 is 17.5 Å². The first-order valence-corrected chi connectivity index (χ1v) is 11.4. The SMILES string of the molecule is CC(C)Oc1cc(F)ccc1N1CCN(CCCN2C(=O)C3CC=CCC3C2=O)CC1. The number of carbonyl (C=O) groups excluding carboxylic acids is 2. The van der Waals surface area contributed by atoms with Crippen LogP contribution in [0, 0.1) is 17.7 Å². The summed E-state index contributed by atoms with van der Waals surface area (Å²) in [4.78, 5) is 31.2. The number of hydrogen-bond acceptors (Lipinski definition) is 5. The smallest absolute Gasteiger partial charge is 0.233 e. The summed E-state index contributed by atoms with van der Waals surface area (Å²) in [6.07, 6.45) is 6.21. The lowest BCUT2D eigenvalue weighted by molar-refractivity contribution is -0.140. The molecule has 4 rings (SSSR count). The number of likely N-dealkylation sites (tertiary alicyclic amines) is 1. The maximum Gasteiger partial charge on any atom is 0.233 e. The van der Waals surface area contributed by atoms with Crippen molar-refractivity contribution in [2.45, 2.75) is 39.2 Å². The Kier molecular flexibility index (Phi) is 6.60. The van der Waals surface area contributed by atoms with Crippen LogP contribution in [-0.2, 0) is 9.59 Å². The summed E-state index contributed by atoms with van der Waals surface area (Å²) < 4.78 is 19.5. The molecule has 2 saturated heterocycles. The molecule has 2 unspecified atom stereocenters. The van der Waals surface area contributed by atoms with Gasteiger partial charge in [-0.25, -0.2) is 4.39 Å². The van der Waals surface area contributed by atoms with Crippen molar-refractivity contribution in [1.29, 1.82) is 0 Å². The molecular formula is C24H32FN3O3. The van der Waals surface area contributed by atoms with Gasteiger partial charge in [-0.1, -0.05) is 12.2 Å².